The molecule has 8 heteroatoms. The minimum Gasteiger partial charge on any atom is -0.477 e. The molecule has 0 saturated carbocycles. The number of esters is 1. The summed E-state index contributed by atoms with van der Waals surface area (Å²) in [5.74, 6) is -0.683. The number of alkyl halides is 4. The van der Waals surface area contributed by atoms with Crippen molar-refractivity contribution in [3.8, 4) is 5.75 Å². The van der Waals surface area contributed by atoms with Crippen molar-refractivity contribution in [3.63, 3.8) is 0 Å². The van der Waals surface area contributed by atoms with Crippen LogP contribution in [0.15, 0.2) is 22.7 Å². The van der Waals surface area contributed by atoms with E-state index in [1.54, 1.807) is 20.8 Å². The van der Waals surface area contributed by atoms with Crippen molar-refractivity contribution in [2.24, 2.45) is 0 Å². The fraction of sp³-hybridized carbons (Fsp3) is 0.533. The summed E-state index contributed by atoms with van der Waals surface area (Å²) >= 11 is 6.09. The molecule has 1 aromatic carbocycles. The highest BCUT2D eigenvalue weighted by Crippen LogP contribution is 2.39. The number of ether oxygens (including phenoxy) is 2. The van der Waals surface area contributed by atoms with Gasteiger partial charge in [0.2, 0.25) is 0 Å². The largest absolute Gasteiger partial charge is 0.477 e. The van der Waals surface area contributed by atoms with Gasteiger partial charge in [-0.1, -0.05) is 22.0 Å². The van der Waals surface area contributed by atoms with E-state index in [9.17, 15) is 18.0 Å². The maximum absolute atomic E-state index is 12.9. The van der Waals surface area contributed by atoms with Crippen LogP contribution in [-0.2, 0) is 15.7 Å². The molecule has 3 nitrogen and oxygen atoms in total. The van der Waals surface area contributed by atoms with Crippen molar-refractivity contribution in [1.29, 1.82) is 0 Å². The number of halogens is 5. The Kier molecular flexibility index (Phi) is 6.95. The number of hydrogen-bond donors (Lipinski definition) is 0. The lowest BCUT2D eigenvalue weighted by molar-refractivity contribution is -0.163. The molecule has 1 atom stereocenters. The lowest BCUT2D eigenvalue weighted by Crippen LogP contribution is -2.35. The summed E-state index contributed by atoms with van der Waals surface area (Å²) in [5.41, 5.74) is -1.58. The first-order valence-electron chi connectivity index (χ1n) is 6.77. The van der Waals surface area contributed by atoms with Crippen molar-refractivity contribution < 1.29 is 27.4 Å². The lowest BCUT2D eigenvalue weighted by Gasteiger charge is -2.25. The van der Waals surface area contributed by atoms with Crippen LogP contribution in [0.1, 0.15) is 32.8 Å². The van der Waals surface area contributed by atoms with E-state index in [4.69, 9.17) is 9.47 Å². The van der Waals surface area contributed by atoms with E-state index in [0.29, 0.717) is 5.33 Å². The number of carbonyl (C=O) groups is 1. The molecule has 0 aromatic heterocycles. The van der Waals surface area contributed by atoms with Crippen LogP contribution in [0, 0.1) is 0 Å². The van der Waals surface area contributed by atoms with Crippen molar-refractivity contribution in [2.45, 2.75) is 45.1 Å². The van der Waals surface area contributed by atoms with Gasteiger partial charge in [-0.25, -0.2) is 4.79 Å². The first-order chi connectivity index (χ1) is 10.5. The Labute approximate surface area is 149 Å². The summed E-state index contributed by atoms with van der Waals surface area (Å²) in [7, 11) is 0. The van der Waals surface area contributed by atoms with Crippen LogP contribution in [0.3, 0.4) is 0 Å². The molecule has 1 aromatic rings. The average molecular weight is 462 g/mol. The van der Waals surface area contributed by atoms with Crippen LogP contribution in [0.5, 0.6) is 5.75 Å². The van der Waals surface area contributed by atoms with E-state index >= 15 is 0 Å². The molecule has 0 amide bonds. The quantitative estimate of drug-likeness (QED) is 0.438. The van der Waals surface area contributed by atoms with Gasteiger partial charge in [0.25, 0.3) is 0 Å². The number of benzene rings is 1. The molecule has 1 rings (SSSR count). The van der Waals surface area contributed by atoms with E-state index < -0.39 is 29.4 Å². The zero-order chi connectivity index (χ0) is 17.8. The van der Waals surface area contributed by atoms with Crippen LogP contribution in [0.25, 0.3) is 0 Å². The molecule has 23 heavy (non-hydrogen) atoms. The molecule has 0 aliphatic heterocycles. The molecule has 0 saturated heterocycles. The van der Waals surface area contributed by atoms with Crippen molar-refractivity contribution in [1.82, 2.24) is 0 Å². The zero-order valence-electron chi connectivity index (χ0n) is 12.8. The van der Waals surface area contributed by atoms with Gasteiger partial charge in [-0.2, -0.15) is 13.2 Å². The van der Waals surface area contributed by atoms with Gasteiger partial charge in [-0.05, 0) is 48.8 Å². The summed E-state index contributed by atoms with van der Waals surface area (Å²) in [5, 5.41) is 0.438. The average Bonchev–Trinajstić information content (AvgIpc) is 2.37. The molecule has 0 radical (unpaired) electrons. The summed E-state index contributed by atoms with van der Waals surface area (Å²) in [6.45, 7) is 5.11. The highest BCUT2D eigenvalue weighted by Gasteiger charge is 2.35. The Morgan fingerprint density at radius 3 is 2.35 bits per heavy atom. The van der Waals surface area contributed by atoms with Crippen molar-refractivity contribution in [2.75, 3.05) is 5.33 Å². The molecular formula is C15H17Br2F3O3. The highest BCUT2D eigenvalue weighted by atomic mass is 79.9. The van der Waals surface area contributed by atoms with Crippen LogP contribution in [-0.4, -0.2) is 23.0 Å². The molecule has 0 bridgehead atoms. The first kappa shape index (κ1) is 20.3. The lowest BCUT2D eigenvalue weighted by atomic mass is 10.2. The third-order valence-corrected chi connectivity index (χ3v) is 3.85. The summed E-state index contributed by atoms with van der Waals surface area (Å²) in [6, 6.07) is 3.53. The van der Waals surface area contributed by atoms with E-state index in [-0.39, 0.29) is 16.6 Å². The molecule has 130 valence electrons. The number of hydrogen-bond acceptors (Lipinski definition) is 3. The maximum Gasteiger partial charge on any atom is 0.417 e. The predicted octanol–water partition coefficient (Wildman–Crippen LogP) is 5.34. The highest BCUT2D eigenvalue weighted by molar-refractivity contribution is 9.10. The van der Waals surface area contributed by atoms with Gasteiger partial charge in [-0.15, -0.1) is 0 Å². The minimum absolute atomic E-state index is 0.0587. The van der Waals surface area contributed by atoms with E-state index in [1.165, 1.54) is 12.1 Å². The van der Waals surface area contributed by atoms with Gasteiger partial charge in [0.15, 0.2) is 6.10 Å². The third kappa shape index (κ3) is 6.33. The van der Waals surface area contributed by atoms with Crippen molar-refractivity contribution in [3.05, 3.63) is 28.2 Å². The monoisotopic (exact) mass is 460 g/mol. The SMILES string of the molecule is CC(C)(C)OC(=O)C(CCBr)Oc1cccc(C(F)(F)F)c1Br. The second-order valence-electron chi connectivity index (χ2n) is 5.73. The molecule has 0 aliphatic rings. The van der Waals surface area contributed by atoms with Crippen LogP contribution in [0.4, 0.5) is 13.2 Å². The van der Waals surface area contributed by atoms with E-state index in [1.807, 2.05) is 0 Å². The van der Waals surface area contributed by atoms with E-state index in [2.05, 4.69) is 31.9 Å². The summed E-state index contributed by atoms with van der Waals surface area (Å²) in [4.78, 5) is 12.1. The molecule has 0 aliphatic carbocycles. The number of carbonyl (C=O) groups excluding carboxylic acids is 1. The minimum atomic E-state index is -4.52. The zero-order valence-corrected chi connectivity index (χ0v) is 16.0. The van der Waals surface area contributed by atoms with E-state index in [0.717, 1.165) is 6.07 Å². The smallest absolute Gasteiger partial charge is 0.417 e. The molecule has 1 unspecified atom stereocenters. The Morgan fingerprint density at radius 2 is 1.87 bits per heavy atom. The fourth-order valence-corrected chi connectivity index (χ4v) is 2.66. The Balaban J connectivity index is 3.04. The molecule has 0 spiro atoms. The topological polar surface area (TPSA) is 35.5 Å². The fourth-order valence-electron chi connectivity index (χ4n) is 1.67. The predicted molar refractivity (Wildman–Crippen MR) is 87.8 cm³/mol. The Bertz CT molecular complexity index is 554. The molecule has 0 N–H and O–H groups in total. The Morgan fingerprint density at radius 1 is 1.26 bits per heavy atom. The van der Waals surface area contributed by atoms with Gasteiger partial charge in [0.05, 0.1) is 10.0 Å². The van der Waals surface area contributed by atoms with Gasteiger partial charge < -0.3 is 9.47 Å². The Hall–Kier alpha value is -0.760. The van der Waals surface area contributed by atoms with Crippen LogP contribution in [0.2, 0.25) is 0 Å². The number of rotatable bonds is 5. The van der Waals surface area contributed by atoms with Gasteiger partial charge in [-0.3, -0.25) is 0 Å². The van der Waals surface area contributed by atoms with Gasteiger partial charge >= 0.3 is 12.1 Å². The second-order valence-corrected chi connectivity index (χ2v) is 7.32. The standard InChI is InChI=1S/C15H17Br2F3O3/c1-14(2,3)23-13(21)11(7-8-16)22-10-6-4-5-9(12(10)17)15(18,19)20/h4-6,11H,7-8H2,1-3H3. The van der Waals surface area contributed by atoms with Crippen LogP contribution < -0.4 is 4.74 Å². The maximum atomic E-state index is 12.9. The second kappa shape index (κ2) is 7.88. The van der Waals surface area contributed by atoms with Gasteiger partial charge in [0, 0.05) is 11.8 Å². The summed E-state index contributed by atoms with van der Waals surface area (Å²) in [6.07, 6.45) is -5.26. The molecule has 0 fully saturated rings. The van der Waals surface area contributed by atoms with Crippen molar-refractivity contribution >= 4 is 37.8 Å². The van der Waals surface area contributed by atoms with Gasteiger partial charge in [0.1, 0.15) is 11.4 Å². The summed E-state index contributed by atoms with van der Waals surface area (Å²) < 4.78 is 49.2. The first-order valence-corrected chi connectivity index (χ1v) is 8.68. The third-order valence-electron chi connectivity index (χ3n) is 2.58. The molecule has 0 heterocycles. The molecular weight excluding hydrogens is 445 g/mol. The normalized spacial score (nSPS) is 13.6. The van der Waals surface area contributed by atoms with Crippen LogP contribution >= 0.6 is 31.9 Å².